The summed E-state index contributed by atoms with van der Waals surface area (Å²) in [6.07, 6.45) is 0. The second-order valence-electron chi connectivity index (χ2n) is 3.51. The molecule has 1 aliphatic rings. The molecule has 0 N–H and O–H groups in total. The van der Waals surface area contributed by atoms with Crippen molar-refractivity contribution in [3.63, 3.8) is 0 Å². The molecule has 0 atom stereocenters. The Morgan fingerprint density at radius 2 is 1.78 bits per heavy atom. The number of methoxy groups -OCH3 is 2. The molecule has 0 unspecified atom stereocenters. The van der Waals surface area contributed by atoms with Crippen LogP contribution in [0.4, 0.5) is 0 Å². The third-order valence-electron chi connectivity index (χ3n) is 2.61. The average Bonchev–Trinajstić information content (AvgIpc) is 2.36. The van der Waals surface area contributed by atoms with Gasteiger partial charge in [0.15, 0.2) is 5.76 Å². The molecular formula is C12H8BrClO4. The van der Waals surface area contributed by atoms with E-state index in [4.69, 9.17) is 21.1 Å². The van der Waals surface area contributed by atoms with Gasteiger partial charge in [0.1, 0.15) is 10.2 Å². The van der Waals surface area contributed by atoms with Crippen molar-refractivity contribution in [2.75, 3.05) is 14.2 Å². The number of Topliss-reactive ketones (excluding diaryl/α,β-unsaturated/α-hetero) is 2. The SMILES string of the molecule is COC1=C(Br)C(=O)c2ccc(OC)c(Cl)c2C1=O. The number of hydrogen-bond donors (Lipinski definition) is 0. The van der Waals surface area contributed by atoms with Gasteiger partial charge in [-0.05, 0) is 28.1 Å². The predicted octanol–water partition coefficient (Wildman–Crippen LogP) is 2.98. The number of halogens is 2. The van der Waals surface area contributed by atoms with Gasteiger partial charge in [-0.25, -0.2) is 0 Å². The Kier molecular flexibility index (Phi) is 3.45. The van der Waals surface area contributed by atoms with E-state index in [0.29, 0.717) is 5.75 Å². The molecular weight excluding hydrogens is 323 g/mol. The van der Waals surface area contributed by atoms with Crippen molar-refractivity contribution in [3.05, 3.63) is 38.5 Å². The van der Waals surface area contributed by atoms with E-state index in [1.807, 2.05) is 0 Å². The first-order valence-corrected chi connectivity index (χ1v) is 6.09. The first-order chi connectivity index (χ1) is 8.52. The molecule has 0 radical (unpaired) electrons. The summed E-state index contributed by atoms with van der Waals surface area (Å²) in [4.78, 5) is 24.2. The summed E-state index contributed by atoms with van der Waals surface area (Å²) in [5.41, 5.74) is 0.347. The van der Waals surface area contributed by atoms with Gasteiger partial charge in [0.25, 0.3) is 0 Å². The molecule has 0 heterocycles. The largest absolute Gasteiger partial charge is 0.495 e. The Morgan fingerprint density at radius 1 is 1.11 bits per heavy atom. The fourth-order valence-electron chi connectivity index (χ4n) is 1.74. The minimum Gasteiger partial charge on any atom is -0.495 e. The summed E-state index contributed by atoms with van der Waals surface area (Å²) in [6.45, 7) is 0. The first-order valence-electron chi connectivity index (χ1n) is 4.92. The molecule has 1 aliphatic carbocycles. The van der Waals surface area contributed by atoms with Gasteiger partial charge in [-0.1, -0.05) is 11.6 Å². The van der Waals surface area contributed by atoms with Crippen LogP contribution < -0.4 is 4.74 Å². The lowest BCUT2D eigenvalue weighted by molar-refractivity contribution is 0.0914. The summed E-state index contributed by atoms with van der Waals surface area (Å²) < 4.78 is 10.1. The summed E-state index contributed by atoms with van der Waals surface area (Å²) in [5.74, 6) is -0.499. The fraction of sp³-hybridized carbons (Fsp3) is 0.167. The number of fused-ring (bicyclic) bond motifs is 1. The molecule has 1 aromatic carbocycles. The fourth-order valence-corrected chi connectivity index (χ4v) is 2.63. The van der Waals surface area contributed by atoms with Gasteiger partial charge in [-0.2, -0.15) is 0 Å². The highest BCUT2D eigenvalue weighted by atomic mass is 79.9. The molecule has 0 saturated heterocycles. The number of ketones is 2. The maximum absolute atomic E-state index is 12.2. The Labute approximate surface area is 117 Å². The zero-order chi connectivity index (χ0) is 13.4. The van der Waals surface area contributed by atoms with Gasteiger partial charge >= 0.3 is 0 Å². The van der Waals surface area contributed by atoms with Crippen molar-refractivity contribution in [3.8, 4) is 5.75 Å². The van der Waals surface area contributed by atoms with Gasteiger partial charge < -0.3 is 9.47 Å². The lowest BCUT2D eigenvalue weighted by Crippen LogP contribution is -2.21. The minimum absolute atomic E-state index is 0.0531. The Balaban J connectivity index is 2.74. The van der Waals surface area contributed by atoms with E-state index < -0.39 is 5.78 Å². The van der Waals surface area contributed by atoms with Crippen molar-refractivity contribution in [1.82, 2.24) is 0 Å². The molecule has 0 amide bonds. The van der Waals surface area contributed by atoms with Crippen LogP contribution in [0.5, 0.6) is 5.75 Å². The third kappa shape index (κ3) is 1.74. The van der Waals surface area contributed by atoms with E-state index in [1.54, 1.807) is 6.07 Å². The van der Waals surface area contributed by atoms with E-state index in [2.05, 4.69) is 15.9 Å². The summed E-state index contributed by atoms with van der Waals surface area (Å²) in [6, 6.07) is 3.05. The molecule has 18 heavy (non-hydrogen) atoms. The topological polar surface area (TPSA) is 52.6 Å². The van der Waals surface area contributed by atoms with Crippen LogP contribution in [0, 0.1) is 0 Å². The van der Waals surface area contributed by atoms with Crippen LogP contribution >= 0.6 is 27.5 Å². The molecule has 4 nitrogen and oxygen atoms in total. The van der Waals surface area contributed by atoms with Gasteiger partial charge in [0, 0.05) is 5.56 Å². The smallest absolute Gasteiger partial charge is 0.231 e. The molecule has 2 rings (SSSR count). The molecule has 0 bridgehead atoms. The maximum Gasteiger partial charge on any atom is 0.231 e. The zero-order valence-corrected chi connectivity index (χ0v) is 11.9. The van der Waals surface area contributed by atoms with Crippen LogP contribution in [-0.2, 0) is 4.74 Å². The number of rotatable bonds is 2. The predicted molar refractivity (Wildman–Crippen MR) is 69.6 cm³/mol. The monoisotopic (exact) mass is 330 g/mol. The summed E-state index contributed by atoms with van der Waals surface area (Å²) in [5, 5.41) is 0.114. The van der Waals surface area contributed by atoms with Gasteiger partial charge in [0.05, 0.1) is 24.8 Å². The molecule has 0 fully saturated rings. The molecule has 0 aliphatic heterocycles. The number of ether oxygens (including phenoxy) is 2. The zero-order valence-electron chi connectivity index (χ0n) is 9.54. The summed E-state index contributed by atoms with van der Waals surface area (Å²) >= 11 is 9.13. The van der Waals surface area contributed by atoms with Crippen molar-refractivity contribution in [1.29, 1.82) is 0 Å². The molecule has 0 saturated carbocycles. The maximum atomic E-state index is 12.2. The molecule has 6 heteroatoms. The Morgan fingerprint density at radius 3 is 2.33 bits per heavy atom. The summed E-state index contributed by atoms with van der Waals surface area (Å²) in [7, 11) is 2.76. The Bertz CT molecular complexity index is 592. The lowest BCUT2D eigenvalue weighted by atomic mass is 9.93. The van der Waals surface area contributed by atoms with Gasteiger partial charge in [-0.3, -0.25) is 9.59 Å². The van der Waals surface area contributed by atoms with Crippen molar-refractivity contribution in [2.45, 2.75) is 0 Å². The van der Waals surface area contributed by atoms with Crippen LogP contribution in [0.2, 0.25) is 5.02 Å². The van der Waals surface area contributed by atoms with Crippen LogP contribution in [0.15, 0.2) is 22.4 Å². The standard InChI is InChI=1S/C12H8BrClO4/c1-17-6-4-3-5-7(9(6)14)11(16)12(18-2)8(13)10(5)15/h3-4H,1-2H3. The normalized spacial score (nSPS) is 14.7. The van der Waals surface area contributed by atoms with Crippen molar-refractivity contribution in [2.24, 2.45) is 0 Å². The van der Waals surface area contributed by atoms with Crippen LogP contribution in [0.1, 0.15) is 20.7 Å². The number of allylic oxidation sites excluding steroid dienone is 2. The van der Waals surface area contributed by atoms with Gasteiger partial charge in [0.2, 0.25) is 11.6 Å². The van der Waals surface area contributed by atoms with E-state index in [0.717, 1.165) is 0 Å². The average molecular weight is 332 g/mol. The molecule has 94 valence electrons. The molecule has 0 spiro atoms. The second kappa shape index (κ2) is 4.74. The van der Waals surface area contributed by atoms with Crippen molar-refractivity contribution < 1.29 is 19.1 Å². The van der Waals surface area contributed by atoms with Crippen molar-refractivity contribution >= 4 is 39.1 Å². The second-order valence-corrected chi connectivity index (χ2v) is 4.68. The molecule has 0 aromatic heterocycles. The highest BCUT2D eigenvalue weighted by Crippen LogP contribution is 2.38. The first kappa shape index (κ1) is 13.1. The van der Waals surface area contributed by atoms with E-state index in [9.17, 15) is 9.59 Å². The number of benzene rings is 1. The van der Waals surface area contributed by atoms with Crippen LogP contribution in [0.25, 0.3) is 0 Å². The molecule has 1 aromatic rings. The third-order valence-corrected chi connectivity index (χ3v) is 3.70. The quantitative estimate of drug-likeness (QED) is 0.836. The number of carbonyl (C=O) groups excluding carboxylic acids is 2. The van der Waals surface area contributed by atoms with E-state index >= 15 is 0 Å². The van der Waals surface area contributed by atoms with E-state index in [-0.39, 0.29) is 32.2 Å². The van der Waals surface area contributed by atoms with E-state index in [1.165, 1.54) is 20.3 Å². The number of hydrogen-bond acceptors (Lipinski definition) is 4. The highest BCUT2D eigenvalue weighted by molar-refractivity contribution is 9.12. The Hall–Kier alpha value is -1.33. The minimum atomic E-state index is -0.442. The van der Waals surface area contributed by atoms with Gasteiger partial charge in [-0.15, -0.1) is 0 Å². The lowest BCUT2D eigenvalue weighted by Gasteiger charge is -2.18. The number of carbonyl (C=O) groups is 2. The van der Waals surface area contributed by atoms with Crippen LogP contribution in [0.3, 0.4) is 0 Å². The van der Waals surface area contributed by atoms with Crippen LogP contribution in [-0.4, -0.2) is 25.8 Å². The highest BCUT2D eigenvalue weighted by Gasteiger charge is 2.34.